The molecule has 2 saturated heterocycles. The largest absolute Gasteiger partial charge is 0.481 e. The highest BCUT2D eigenvalue weighted by Crippen LogP contribution is 2.31. The van der Waals surface area contributed by atoms with E-state index in [1.54, 1.807) is 18.6 Å². The standard InChI is InChI=1S/C28H36N8O4/c37-26(36-10-8-29-9-11-36)19-39-22-17-31-28(32-18-22)33-20-3-5-21(6-4-20)40-27-23-2-1-7-30-24(23)16-25(34-27)35-12-14-38-15-13-35/h1-2,7,16-18,20-21,29H,3-6,8-15,19H2,(H,31,32,33)/t20-,21+. The SMILES string of the molecule is O=C(COc1cnc(N[C@H]2CC[C@@H](Oc3nc(N4CCOCC4)cc4ncccc34)CC2)nc1)N1CCNCC1. The van der Waals surface area contributed by atoms with E-state index in [4.69, 9.17) is 19.2 Å². The number of hydrogen-bond acceptors (Lipinski definition) is 11. The molecular weight excluding hydrogens is 512 g/mol. The number of ether oxygens (including phenoxy) is 3. The van der Waals surface area contributed by atoms with Gasteiger partial charge in [0.05, 0.1) is 36.5 Å². The highest BCUT2D eigenvalue weighted by Gasteiger charge is 2.25. The summed E-state index contributed by atoms with van der Waals surface area (Å²) >= 11 is 0. The Hall–Kier alpha value is -3.77. The molecule has 3 fully saturated rings. The third-order valence-electron chi connectivity index (χ3n) is 7.63. The summed E-state index contributed by atoms with van der Waals surface area (Å²) in [7, 11) is 0. The number of aromatic nitrogens is 4. The van der Waals surface area contributed by atoms with Crippen LogP contribution in [0.5, 0.6) is 11.6 Å². The highest BCUT2D eigenvalue weighted by molar-refractivity contribution is 5.85. The van der Waals surface area contributed by atoms with Crippen LogP contribution in [-0.4, -0.2) is 102 Å². The molecule has 2 aliphatic heterocycles. The van der Waals surface area contributed by atoms with Gasteiger partial charge < -0.3 is 34.6 Å². The fourth-order valence-electron chi connectivity index (χ4n) is 5.36. The molecule has 0 atom stereocenters. The van der Waals surface area contributed by atoms with Crippen molar-refractivity contribution in [2.24, 2.45) is 0 Å². The fraction of sp³-hybridized carbons (Fsp3) is 0.536. The second-order valence-electron chi connectivity index (χ2n) is 10.4. The number of pyridine rings is 2. The fourth-order valence-corrected chi connectivity index (χ4v) is 5.36. The zero-order valence-electron chi connectivity index (χ0n) is 22.6. The molecule has 12 nitrogen and oxygen atoms in total. The lowest BCUT2D eigenvalue weighted by Crippen LogP contribution is -2.47. The average Bonchev–Trinajstić information content (AvgIpc) is 3.02. The summed E-state index contributed by atoms with van der Waals surface area (Å²) in [6, 6.07) is 6.24. The Morgan fingerprint density at radius 1 is 1.05 bits per heavy atom. The summed E-state index contributed by atoms with van der Waals surface area (Å²) in [5.41, 5.74) is 0.891. The van der Waals surface area contributed by atoms with E-state index in [-0.39, 0.29) is 24.7 Å². The Balaban J connectivity index is 1.00. The van der Waals surface area contributed by atoms with Crippen LogP contribution in [0.15, 0.2) is 36.8 Å². The molecule has 0 unspecified atom stereocenters. The normalized spacial score (nSPS) is 21.7. The first kappa shape index (κ1) is 26.5. The Kier molecular flexibility index (Phi) is 8.33. The van der Waals surface area contributed by atoms with E-state index in [0.717, 1.165) is 68.6 Å². The molecule has 0 bridgehead atoms. The van der Waals surface area contributed by atoms with Gasteiger partial charge in [0.25, 0.3) is 5.91 Å². The maximum absolute atomic E-state index is 12.3. The number of carbonyl (C=O) groups excluding carboxylic acids is 1. The van der Waals surface area contributed by atoms with Crippen LogP contribution < -0.4 is 25.0 Å². The van der Waals surface area contributed by atoms with Gasteiger partial charge in [-0.25, -0.2) is 9.97 Å². The Labute approximate surface area is 233 Å². The number of nitrogens with one attached hydrogen (secondary N) is 2. The summed E-state index contributed by atoms with van der Waals surface area (Å²) in [6.07, 6.45) is 8.79. The van der Waals surface area contributed by atoms with Gasteiger partial charge in [-0.15, -0.1) is 0 Å². The van der Waals surface area contributed by atoms with E-state index in [9.17, 15) is 4.79 Å². The van der Waals surface area contributed by atoms with Crippen molar-refractivity contribution in [1.29, 1.82) is 0 Å². The number of hydrogen-bond donors (Lipinski definition) is 2. The van der Waals surface area contributed by atoms with Crippen molar-refractivity contribution in [1.82, 2.24) is 30.2 Å². The quantitative estimate of drug-likeness (QED) is 0.428. The van der Waals surface area contributed by atoms with Crippen LogP contribution in [0.25, 0.3) is 10.9 Å². The molecule has 0 aromatic carbocycles. The predicted molar refractivity (Wildman–Crippen MR) is 150 cm³/mol. The summed E-state index contributed by atoms with van der Waals surface area (Å²) in [5, 5.41) is 7.60. The number of rotatable bonds is 8. The first-order valence-electron chi connectivity index (χ1n) is 14.2. The van der Waals surface area contributed by atoms with Gasteiger partial charge >= 0.3 is 0 Å². The minimum atomic E-state index is -0.0186. The number of piperazine rings is 1. The van der Waals surface area contributed by atoms with E-state index in [2.05, 4.69) is 30.5 Å². The van der Waals surface area contributed by atoms with Gasteiger partial charge in [-0.2, -0.15) is 4.98 Å². The maximum atomic E-state index is 12.3. The number of carbonyl (C=O) groups is 1. The van der Waals surface area contributed by atoms with E-state index in [1.807, 2.05) is 23.1 Å². The molecule has 3 aromatic heterocycles. The molecular formula is C28H36N8O4. The maximum Gasteiger partial charge on any atom is 0.260 e. The Morgan fingerprint density at radius 2 is 1.82 bits per heavy atom. The van der Waals surface area contributed by atoms with Gasteiger partial charge in [0, 0.05) is 57.6 Å². The first-order valence-corrected chi connectivity index (χ1v) is 14.2. The molecule has 212 valence electrons. The molecule has 0 spiro atoms. The highest BCUT2D eigenvalue weighted by atomic mass is 16.5. The van der Waals surface area contributed by atoms with Gasteiger partial charge in [-0.05, 0) is 37.8 Å². The molecule has 1 saturated carbocycles. The van der Waals surface area contributed by atoms with Gasteiger partial charge in [0.2, 0.25) is 11.8 Å². The minimum absolute atomic E-state index is 0.00426. The molecule has 12 heteroatoms. The van der Waals surface area contributed by atoms with Crippen molar-refractivity contribution >= 4 is 28.6 Å². The van der Waals surface area contributed by atoms with Crippen molar-refractivity contribution in [3.63, 3.8) is 0 Å². The van der Waals surface area contributed by atoms with Gasteiger partial charge in [-0.3, -0.25) is 9.78 Å². The van der Waals surface area contributed by atoms with Crippen LogP contribution >= 0.6 is 0 Å². The summed E-state index contributed by atoms with van der Waals surface area (Å²) in [4.78, 5) is 34.6. The van der Waals surface area contributed by atoms with E-state index in [0.29, 0.717) is 43.9 Å². The van der Waals surface area contributed by atoms with Gasteiger partial charge in [-0.1, -0.05) is 0 Å². The molecule has 1 aliphatic carbocycles. The van der Waals surface area contributed by atoms with Gasteiger partial charge in [0.1, 0.15) is 11.9 Å². The second kappa shape index (κ2) is 12.6. The van der Waals surface area contributed by atoms with Crippen molar-refractivity contribution in [3.05, 3.63) is 36.8 Å². The summed E-state index contributed by atoms with van der Waals surface area (Å²) < 4.78 is 17.6. The third kappa shape index (κ3) is 6.50. The van der Waals surface area contributed by atoms with E-state index >= 15 is 0 Å². The number of anilines is 2. The number of morpholine rings is 1. The zero-order chi connectivity index (χ0) is 27.1. The molecule has 2 N–H and O–H groups in total. The Bertz CT molecular complexity index is 1270. The molecule has 40 heavy (non-hydrogen) atoms. The van der Waals surface area contributed by atoms with Crippen LogP contribution in [0.1, 0.15) is 25.7 Å². The monoisotopic (exact) mass is 548 g/mol. The lowest BCUT2D eigenvalue weighted by molar-refractivity contribution is -0.133. The molecule has 3 aromatic rings. The van der Waals surface area contributed by atoms with Crippen LogP contribution in [0, 0.1) is 0 Å². The molecule has 5 heterocycles. The molecule has 6 rings (SSSR count). The topological polar surface area (TPSA) is 127 Å². The number of fused-ring (bicyclic) bond motifs is 1. The van der Waals surface area contributed by atoms with Crippen LogP contribution in [-0.2, 0) is 9.53 Å². The Morgan fingerprint density at radius 3 is 2.60 bits per heavy atom. The number of amides is 1. The summed E-state index contributed by atoms with van der Waals surface area (Å²) in [5.74, 6) is 2.56. The first-order chi connectivity index (χ1) is 19.7. The van der Waals surface area contributed by atoms with Crippen LogP contribution in [0.4, 0.5) is 11.8 Å². The molecule has 1 amide bonds. The van der Waals surface area contributed by atoms with Crippen molar-refractivity contribution in [2.75, 3.05) is 69.3 Å². The van der Waals surface area contributed by atoms with E-state index in [1.165, 1.54) is 0 Å². The van der Waals surface area contributed by atoms with Gasteiger partial charge in [0.15, 0.2) is 12.4 Å². The average molecular weight is 549 g/mol. The van der Waals surface area contributed by atoms with E-state index < -0.39 is 0 Å². The smallest absolute Gasteiger partial charge is 0.260 e. The zero-order valence-corrected chi connectivity index (χ0v) is 22.6. The second-order valence-corrected chi connectivity index (χ2v) is 10.4. The minimum Gasteiger partial charge on any atom is -0.481 e. The predicted octanol–water partition coefficient (Wildman–Crippen LogP) is 1.87. The van der Waals surface area contributed by atoms with Crippen molar-refractivity contribution in [2.45, 2.75) is 37.8 Å². The molecule has 3 aliphatic rings. The number of nitrogens with zero attached hydrogens (tertiary/aromatic N) is 6. The molecule has 0 radical (unpaired) electrons. The van der Waals surface area contributed by atoms with Crippen LogP contribution in [0.3, 0.4) is 0 Å². The summed E-state index contributed by atoms with van der Waals surface area (Å²) in [6.45, 7) is 6.07. The lowest BCUT2D eigenvalue weighted by atomic mass is 9.93. The van der Waals surface area contributed by atoms with Crippen molar-refractivity contribution in [3.8, 4) is 11.6 Å². The van der Waals surface area contributed by atoms with Crippen molar-refractivity contribution < 1.29 is 19.0 Å². The van der Waals surface area contributed by atoms with Crippen LogP contribution in [0.2, 0.25) is 0 Å². The third-order valence-corrected chi connectivity index (χ3v) is 7.63. The lowest BCUT2D eigenvalue weighted by Gasteiger charge is -2.31.